The van der Waals surface area contributed by atoms with Gasteiger partial charge >= 0.3 is 6.09 Å². The zero-order chi connectivity index (χ0) is 16.5. The predicted octanol–water partition coefficient (Wildman–Crippen LogP) is 2.79. The highest BCUT2D eigenvalue weighted by molar-refractivity contribution is 5.84. The van der Waals surface area contributed by atoms with Gasteiger partial charge in [0, 0.05) is 12.1 Å². The maximum absolute atomic E-state index is 13.8. The fourth-order valence-corrected chi connectivity index (χ4v) is 1.74. The molecular formula is C14H15F2N3O3. The number of hydrogen-bond donors (Lipinski definition) is 2. The Morgan fingerprint density at radius 2 is 1.95 bits per heavy atom. The minimum Gasteiger partial charge on any atom is -0.444 e. The van der Waals surface area contributed by atoms with E-state index in [1.165, 1.54) is 0 Å². The normalized spacial score (nSPS) is 11.3. The number of halogens is 2. The van der Waals surface area contributed by atoms with E-state index in [1.807, 2.05) is 0 Å². The Kier molecular flexibility index (Phi) is 4.03. The van der Waals surface area contributed by atoms with Crippen molar-refractivity contribution in [3.05, 3.63) is 46.3 Å². The van der Waals surface area contributed by atoms with Gasteiger partial charge in [-0.2, -0.15) is 0 Å². The highest BCUT2D eigenvalue weighted by Gasteiger charge is 2.19. The molecule has 0 saturated heterocycles. The van der Waals surface area contributed by atoms with Crippen molar-refractivity contribution in [1.29, 1.82) is 0 Å². The first kappa shape index (κ1) is 15.7. The van der Waals surface area contributed by atoms with Crippen LogP contribution >= 0.6 is 0 Å². The van der Waals surface area contributed by atoms with Crippen LogP contribution in [-0.2, 0) is 4.74 Å². The molecule has 0 aliphatic heterocycles. The minimum atomic E-state index is -0.890. The molecule has 2 rings (SSSR count). The maximum atomic E-state index is 13.8. The number of aromatic nitrogens is 2. The zero-order valence-electron chi connectivity index (χ0n) is 12.2. The molecule has 0 fully saturated rings. The third kappa shape index (κ3) is 3.72. The molecule has 6 nitrogen and oxygen atoms in total. The average Bonchev–Trinajstić information content (AvgIpc) is 2.67. The Labute approximate surface area is 124 Å². The number of nitrogens with one attached hydrogen (secondary N) is 2. The van der Waals surface area contributed by atoms with Crippen molar-refractivity contribution in [1.82, 2.24) is 9.78 Å². The van der Waals surface area contributed by atoms with Crippen LogP contribution < -0.4 is 10.9 Å². The van der Waals surface area contributed by atoms with Gasteiger partial charge in [-0.1, -0.05) is 0 Å². The molecule has 0 atom stereocenters. The molecule has 2 aromatic rings. The molecule has 0 unspecified atom stereocenters. The molecule has 1 aromatic heterocycles. The van der Waals surface area contributed by atoms with E-state index in [0.29, 0.717) is 6.07 Å². The smallest absolute Gasteiger partial charge is 0.413 e. The Morgan fingerprint density at radius 3 is 2.55 bits per heavy atom. The van der Waals surface area contributed by atoms with Gasteiger partial charge in [0.25, 0.3) is 5.56 Å². The second-order valence-corrected chi connectivity index (χ2v) is 5.56. The summed E-state index contributed by atoms with van der Waals surface area (Å²) in [4.78, 5) is 23.2. The number of anilines is 1. The topological polar surface area (TPSA) is 76.1 Å². The first-order valence-electron chi connectivity index (χ1n) is 6.43. The summed E-state index contributed by atoms with van der Waals surface area (Å²) in [6, 6.07) is 3.91. The quantitative estimate of drug-likeness (QED) is 0.895. The van der Waals surface area contributed by atoms with Crippen LogP contribution in [0.1, 0.15) is 20.8 Å². The molecule has 22 heavy (non-hydrogen) atoms. The number of carbonyl (C=O) groups is 1. The first-order valence-corrected chi connectivity index (χ1v) is 6.43. The molecular weight excluding hydrogens is 296 g/mol. The van der Waals surface area contributed by atoms with E-state index in [-0.39, 0.29) is 11.5 Å². The maximum Gasteiger partial charge on any atom is 0.413 e. The summed E-state index contributed by atoms with van der Waals surface area (Å²) in [5, 5.41) is 4.66. The fraction of sp³-hybridized carbons (Fsp3) is 0.286. The minimum absolute atomic E-state index is 0.0234. The lowest BCUT2D eigenvalue weighted by atomic mass is 10.2. The van der Waals surface area contributed by atoms with Gasteiger partial charge in [-0.05, 0) is 32.9 Å². The van der Waals surface area contributed by atoms with Crippen molar-refractivity contribution in [2.75, 3.05) is 5.32 Å². The summed E-state index contributed by atoms with van der Waals surface area (Å²) in [6.45, 7) is 5.03. The zero-order valence-corrected chi connectivity index (χ0v) is 12.2. The standard InChI is InChI=1S/C14H15F2N3O3/c1-14(2,3)22-13(21)17-11-7-12(20)18-19(11)10-5-4-8(15)6-9(10)16/h4-7H,1-3H3,(H,17,21)(H,18,20). The van der Waals surface area contributed by atoms with E-state index in [0.717, 1.165) is 22.9 Å². The van der Waals surface area contributed by atoms with E-state index in [9.17, 15) is 18.4 Å². The van der Waals surface area contributed by atoms with Gasteiger partial charge in [0.1, 0.15) is 22.9 Å². The van der Waals surface area contributed by atoms with Gasteiger partial charge in [0.15, 0.2) is 5.82 Å². The van der Waals surface area contributed by atoms with E-state index in [1.54, 1.807) is 20.8 Å². The number of rotatable bonds is 2. The van der Waals surface area contributed by atoms with Crippen LogP contribution in [0.25, 0.3) is 5.69 Å². The third-order valence-electron chi connectivity index (χ3n) is 2.51. The monoisotopic (exact) mass is 311 g/mol. The third-order valence-corrected chi connectivity index (χ3v) is 2.51. The molecule has 1 heterocycles. The van der Waals surface area contributed by atoms with E-state index < -0.39 is 28.9 Å². The number of ether oxygens (including phenoxy) is 1. The van der Waals surface area contributed by atoms with Crippen molar-refractivity contribution < 1.29 is 18.3 Å². The van der Waals surface area contributed by atoms with Gasteiger partial charge in [0.05, 0.1) is 0 Å². The molecule has 118 valence electrons. The van der Waals surface area contributed by atoms with Crippen molar-refractivity contribution >= 4 is 11.9 Å². The van der Waals surface area contributed by atoms with Crippen LogP contribution in [0.5, 0.6) is 0 Å². The van der Waals surface area contributed by atoms with Crippen LogP contribution in [0.3, 0.4) is 0 Å². The summed E-state index contributed by atoms with van der Waals surface area (Å²) in [6.07, 6.45) is -0.803. The number of benzene rings is 1. The van der Waals surface area contributed by atoms with E-state index in [4.69, 9.17) is 4.74 Å². The second kappa shape index (κ2) is 5.63. The van der Waals surface area contributed by atoms with Crippen molar-refractivity contribution in [2.24, 2.45) is 0 Å². The lowest BCUT2D eigenvalue weighted by Crippen LogP contribution is -2.28. The number of amides is 1. The second-order valence-electron chi connectivity index (χ2n) is 5.56. The van der Waals surface area contributed by atoms with Gasteiger partial charge < -0.3 is 4.74 Å². The highest BCUT2D eigenvalue weighted by atomic mass is 19.1. The molecule has 1 aromatic carbocycles. The molecule has 2 N–H and O–H groups in total. The summed E-state index contributed by atoms with van der Waals surface area (Å²) in [5.41, 5.74) is -1.41. The highest BCUT2D eigenvalue weighted by Crippen LogP contribution is 2.18. The van der Waals surface area contributed by atoms with Gasteiger partial charge in [-0.15, -0.1) is 0 Å². The lowest BCUT2D eigenvalue weighted by molar-refractivity contribution is 0.0635. The lowest BCUT2D eigenvalue weighted by Gasteiger charge is -2.20. The largest absolute Gasteiger partial charge is 0.444 e. The molecule has 0 spiro atoms. The summed E-state index contributed by atoms with van der Waals surface area (Å²) < 4.78 is 32.8. The Hall–Kier alpha value is -2.64. The molecule has 1 amide bonds. The van der Waals surface area contributed by atoms with Crippen molar-refractivity contribution in [2.45, 2.75) is 26.4 Å². The summed E-state index contributed by atoms with van der Waals surface area (Å²) in [7, 11) is 0. The molecule has 0 saturated carbocycles. The molecule has 0 radical (unpaired) electrons. The van der Waals surface area contributed by atoms with Crippen LogP contribution in [0.4, 0.5) is 19.4 Å². The fourth-order valence-electron chi connectivity index (χ4n) is 1.74. The molecule has 0 bridgehead atoms. The van der Waals surface area contributed by atoms with Crippen LogP contribution in [0.15, 0.2) is 29.1 Å². The number of hydrogen-bond acceptors (Lipinski definition) is 3. The summed E-state index contributed by atoms with van der Waals surface area (Å²) in [5.74, 6) is -1.67. The van der Waals surface area contributed by atoms with Gasteiger partial charge in [0.2, 0.25) is 0 Å². The number of H-pyrrole nitrogens is 1. The average molecular weight is 311 g/mol. The Balaban J connectivity index is 2.35. The summed E-state index contributed by atoms with van der Waals surface area (Å²) >= 11 is 0. The molecule has 0 aliphatic carbocycles. The first-order chi connectivity index (χ1) is 10.2. The van der Waals surface area contributed by atoms with Crippen molar-refractivity contribution in [3.8, 4) is 5.69 Å². The van der Waals surface area contributed by atoms with E-state index in [2.05, 4.69) is 10.4 Å². The number of nitrogens with zero attached hydrogens (tertiary/aromatic N) is 1. The van der Waals surface area contributed by atoms with Crippen molar-refractivity contribution in [3.63, 3.8) is 0 Å². The SMILES string of the molecule is CC(C)(C)OC(=O)Nc1cc(=O)[nH]n1-c1ccc(F)cc1F. The molecule has 0 aliphatic rings. The predicted molar refractivity (Wildman–Crippen MR) is 76.2 cm³/mol. The number of aromatic amines is 1. The van der Waals surface area contributed by atoms with Crippen LogP contribution in [0, 0.1) is 11.6 Å². The molecule has 8 heteroatoms. The van der Waals surface area contributed by atoms with E-state index >= 15 is 0 Å². The Morgan fingerprint density at radius 1 is 1.27 bits per heavy atom. The van der Waals surface area contributed by atoms with Crippen LogP contribution in [-0.4, -0.2) is 21.5 Å². The number of carbonyl (C=O) groups excluding carboxylic acids is 1. The van der Waals surface area contributed by atoms with Gasteiger partial charge in [-0.3, -0.25) is 15.2 Å². The van der Waals surface area contributed by atoms with Crippen LogP contribution in [0.2, 0.25) is 0 Å². The Bertz CT molecular complexity index is 759. The van der Waals surface area contributed by atoms with Gasteiger partial charge in [-0.25, -0.2) is 18.3 Å².